The zero-order valence-electron chi connectivity index (χ0n) is 44.2. The van der Waals surface area contributed by atoms with Crippen LogP contribution in [0.3, 0.4) is 0 Å². The highest BCUT2D eigenvalue weighted by atomic mass is 16.6. The van der Waals surface area contributed by atoms with Gasteiger partial charge in [-0.3, -0.25) is 14.4 Å². The Morgan fingerprint density at radius 1 is 0.303 bits per heavy atom. The number of unbranched alkanes of at least 4 members (excludes halogenated alkanes) is 37. The van der Waals surface area contributed by atoms with E-state index in [0.717, 1.165) is 57.8 Å². The van der Waals surface area contributed by atoms with Crippen molar-refractivity contribution in [2.75, 3.05) is 13.2 Å². The number of rotatable bonds is 53. The first-order valence-corrected chi connectivity index (χ1v) is 29.0. The highest BCUT2D eigenvalue weighted by Crippen LogP contribution is 2.16. The van der Waals surface area contributed by atoms with Crippen molar-refractivity contribution >= 4 is 17.9 Å². The van der Waals surface area contributed by atoms with Crippen LogP contribution in [0.25, 0.3) is 0 Å². The molecule has 6 nitrogen and oxygen atoms in total. The summed E-state index contributed by atoms with van der Waals surface area (Å²) in [7, 11) is 0. The fourth-order valence-electron chi connectivity index (χ4n) is 8.49. The van der Waals surface area contributed by atoms with Crippen LogP contribution in [0.2, 0.25) is 0 Å². The molecule has 0 bridgehead atoms. The van der Waals surface area contributed by atoms with E-state index in [1.165, 1.54) is 212 Å². The molecule has 0 aromatic carbocycles. The van der Waals surface area contributed by atoms with Gasteiger partial charge in [-0.25, -0.2) is 0 Å². The predicted molar refractivity (Wildman–Crippen MR) is 284 cm³/mol. The molecule has 0 aliphatic rings. The van der Waals surface area contributed by atoms with Gasteiger partial charge in [0.25, 0.3) is 0 Å². The smallest absolute Gasteiger partial charge is 0.306 e. The van der Waals surface area contributed by atoms with Gasteiger partial charge in [-0.2, -0.15) is 0 Å². The van der Waals surface area contributed by atoms with Crippen LogP contribution in [0.15, 0.2) is 36.5 Å². The average Bonchev–Trinajstić information content (AvgIpc) is 3.31. The van der Waals surface area contributed by atoms with Crippen molar-refractivity contribution < 1.29 is 28.6 Å². The van der Waals surface area contributed by atoms with E-state index in [1.807, 2.05) is 0 Å². The summed E-state index contributed by atoms with van der Waals surface area (Å²) in [6, 6.07) is 0. The van der Waals surface area contributed by atoms with E-state index >= 15 is 0 Å². The topological polar surface area (TPSA) is 78.9 Å². The number of allylic oxidation sites excluding steroid dienone is 6. The maximum atomic E-state index is 12.8. The number of esters is 3. The molecule has 0 aromatic rings. The van der Waals surface area contributed by atoms with Gasteiger partial charge in [-0.15, -0.1) is 0 Å². The van der Waals surface area contributed by atoms with Crippen LogP contribution in [0.1, 0.15) is 310 Å². The van der Waals surface area contributed by atoms with Crippen molar-refractivity contribution in [1.82, 2.24) is 0 Å². The van der Waals surface area contributed by atoms with Crippen molar-refractivity contribution in [3.63, 3.8) is 0 Å². The minimum absolute atomic E-state index is 0.0712. The lowest BCUT2D eigenvalue weighted by atomic mass is 10.0. The largest absolute Gasteiger partial charge is 0.462 e. The van der Waals surface area contributed by atoms with Gasteiger partial charge in [0.2, 0.25) is 0 Å². The summed E-state index contributed by atoms with van der Waals surface area (Å²) in [6.45, 7) is 6.64. The van der Waals surface area contributed by atoms with E-state index < -0.39 is 6.10 Å². The third-order valence-corrected chi connectivity index (χ3v) is 12.9. The molecule has 386 valence electrons. The van der Waals surface area contributed by atoms with Gasteiger partial charge in [0, 0.05) is 19.3 Å². The zero-order chi connectivity index (χ0) is 47.9. The van der Waals surface area contributed by atoms with E-state index in [-0.39, 0.29) is 31.1 Å². The maximum absolute atomic E-state index is 12.8. The van der Waals surface area contributed by atoms with Crippen LogP contribution >= 0.6 is 0 Å². The summed E-state index contributed by atoms with van der Waals surface area (Å²) >= 11 is 0. The fourth-order valence-corrected chi connectivity index (χ4v) is 8.49. The molecule has 66 heavy (non-hydrogen) atoms. The Morgan fingerprint density at radius 3 is 0.879 bits per heavy atom. The van der Waals surface area contributed by atoms with Crippen molar-refractivity contribution in [1.29, 1.82) is 0 Å². The Kier molecular flexibility index (Phi) is 53.2. The molecule has 6 heteroatoms. The van der Waals surface area contributed by atoms with Crippen molar-refractivity contribution in [2.24, 2.45) is 0 Å². The van der Waals surface area contributed by atoms with Crippen molar-refractivity contribution in [3.8, 4) is 0 Å². The minimum Gasteiger partial charge on any atom is -0.462 e. The maximum Gasteiger partial charge on any atom is 0.306 e. The van der Waals surface area contributed by atoms with E-state index in [1.54, 1.807) is 0 Å². The molecule has 0 aliphatic carbocycles. The summed E-state index contributed by atoms with van der Waals surface area (Å²) in [5.41, 5.74) is 0. The fraction of sp³-hybridized carbons (Fsp3) is 0.850. The van der Waals surface area contributed by atoms with Crippen LogP contribution in [0.4, 0.5) is 0 Å². The molecule has 0 aromatic heterocycles. The lowest BCUT2D eigenvalue weighted by molar-refractivity contribution is -0.167. The van der Waals surface area contributed by atoms with Gasteiger partial charge in [-0.05, 0) is 70.6 Å². The summed E-state index contributed by atoms with van der Waals surface area (Å²) in [6.07, 6.45) is 65.6. The van der Waals surface area contributed by atoms with Crippen LogP contribution in [-0.4, -0.2) is 37.2 Å². The monoisotopic (exact) mass is 927 g/mol. The molecule has 0 amide bonds. The molecule has 0 saturated heterocycles. The first kappa shape index (κ1) is 63.6. The molecular formula is C60H110O6. The van der Waals surface area contributed by atoms with Gasteiger partial charge >= 0.3 is 17.9 Å². The quantitative estimate of drug-likeness (QED) is 0.0199. The normalized spacial score (nSPS) is 12.2. The highest BCUT2D eigenvalue weighted by Gasteiger charge is 2.19. The van der Waals surface area contributed by atoms with Gasteiger partial charge in [0.1, 0.15) is 13.2 Å². The summed E-state index contributed by atoms with van der Waals surface area (Å²) in [5.74, 6) is -0.863. The second-order valence-corrected chi connectivity index (χ2v) is 19.6. The molecule has 0 fully saturated rings. The van der Waals surface area contributed by atoms with Crippen LogP contribution in [0, 0.1) is 0 Å². The Bertz CT molecular complexity index is 1110. The molecule has 0 spiro atoms. The number of hydrogen-bond donors (Lipinski definition) is 0. The van der Waals surface area contributed by atoms with E-state index in [0.29, 0.717) is 19.3 Å². The third-order valence-electron chi connectivity index (χ3n) is 12.9. The SMILES string of the molecule is CCCCC/C=C\C=C/CCCCCCCCCCCCC(=O)OCC(COC(=O)CCCCCCCCCCCCCC)OC(=O)CCCCCCCCC/C=C\CCCCCCCC. The number of ether oxygens (including phenoxy) is 3. The second-order valence-electron chi connectivity index (χ2n) is 19.6. The molecule has 0 radical (unpaired) electrons. The number of carbonyl (C=O) groups excluding carboxylic acids is 3. The molecule has 1 unspecified atom stereocenters. The summed E-state index contributed by atoms with van der Waals surface area (Å²) in [5, 5.41) is 0. The Balaban J connectivity index is 4.32. The van der Waals surface area contributed by atoms with E-state index in [9.17, 15) is 14.4 Å². The van der Waals surface area contributed by atoms with Crippen LogP contribution in [-0.2, 0) is 28.6 Å². The molecule has 0 heterocycles. The minimum atomic E-state index is -0.772. The first-order valence-electron chi connectivity index (χ1n) is 29.0. The molecule has 0 N–H and O–H groups in total. The lowest BCUT2D eigenvalue weighted by Gasteiger charge is -2.18. The average molecular weight is 928 g/mol. The molecule has 1 atom stereocenters. The zero-order valence-corrected chi connectivity index (χ0v) is 44.2. The Morgan fingerprint density at radius 2 is 0.545 bits per heavy atom. The second kappa shape index (κ2) is 55.2. The number of hydrogen-bond acceptors (Lipinski definition) is 6. The first-order chi connectivity index (χ1) is 32.5. The van der Waals surface area contributed by atoms with Gasteiger partial charge in [0.15, 0.2) is 6.10 Å². The molecule has 0 aliphatic heterocycles. The predicted octanol–water partition coefficient (Wildman–Crippen LogP) is 19.3. The molecule has 0 rings (SSSR count). The molecular weight excluding hydrogens is 817 g/mol. The lowest BCUT2D eigenvalue weighted by Crippen LogP contribution is -2.30. The summed E-state index contributed by atoms with van der Waals surface area (Å²) < 4.78 is 16.9. The standard InChI is InChI=1S/C60H110O6/c1-4-7-10-13-16-19-22-25-27-29-30-32-33-35-38-41-44-47-50-53-59(62)65-56-57(55-64-58(61)52-49-46-43-40-37-24-21-18-15-12-9-6-3)66-60(63)54-51-48-45-42-39-36-34-31-28-26-23-20-17-14-11-8-5-2/h16,19,22,25-26,28,57H,4-15,17-18,20-21,23-24,27,29-56H2,1-3H3/b19-16-,25-22-,28-26-. The van der Waals surface area contributed by atoms with Gasteiger partial charge in [0.05, 0.1) is 0 Å². The van der Waals surface area contributed by atoms with Gasteiger partial charge in [-0.1, -0.05) is 256 Å². The number of carbonyl (C=O) groups is 3. The summed E-state index contributed by atoms with van der Waals surface area (Å²) in [4.78, 5) is 38.1. The van der Waals surface area contributed by atoms with Crippen LogP contribution in [0.5, 0.6) is 0 Å². The van der Waals surface area contributed by atoms with E-state index in [4.69, 9.17) is 14.2 Å². The van der Waals surface area contributed by atoms with Crippen molar-refractivity contribution in [3.05, 3.63) is 36.5 Å². The molecule has 0 saturated carbocycles. The van der Waals surface area contributed by atoms with Crippen LogP contribution < -0.4 is 0 Å². The highest BCUT2D eigenvalue weighted by molar-refractivity contribution is 5.71. The van der Waals surface area contributed by atoms with Crippen molar-refractivity contribution in [2.45, 2.75) is 316 Å². The third kappa shape index (κ3) is 52.6. The van der Waals surface area contributed by atoms with E-state index in [2.05, 4.69) is 57.2 Å². The van der Waals surface area contributed by atoms with Gasteiger partial charge < -0.3 is 14.2 Å². The Hall–Kier alpha value is -2.37. The Labute approximate surface area is 410 Å².